The van der Waals surface area contributed by atoms with Gasteiger partial charge in [-0.15, -0.1) is 0 Å². The number of hydrogen-bond acceptors (Lipinski definition) is 4. The molecule has 19 heavy (non-hydrogen) atoms. The summed E-state index contributed by atoms with van der Waals surface area (Å²) in [4.78, 5) is 12.1. The molecular weight excluding hydrogens is 291 g/mol. The molecule has 0 radical (unpaired) electrons. The van der Waals surface area contributed by atoms with Crippen LogP contribution in [0.15, 0.2) is 0 Å². The first-order valence-corrected chi connectivity index (χ1v) is 6.71. The molecule has 6 heteroatoms. The van der Waals surface area contributed by atoms with Crippen molar-refractivity contribution in [3.05, 3.63) is 15.6 Å². The maximum Gasteiger partial charge on any atom is 0.170 e. The number of hydrogen-bond donors (Lipinski definition) is 2. The van der Waals surface area contributed by atoms with Gasteiger partial charge in [0.1, 0.15) is 15.6 Å². The number of carbonyl (C=O) groups excluding carboxylic acids is 1. The molecule has 0 aliphatic carbocycles. The van der Waals surface area contributed by atoms with Crippen LogP contribution in [0.3, 0.4) is 0 Å². The van der Waals surface area contributed by atoms with Crippen LogP contribution in [-0.2, 0) is 0 Å². The number of methoxy groups -OCH3 is 1. The van der Waals surface area contributed by atoms with Gasteiger partial charge in [-0.3, -0.25) is 4.79 Å². The van der Waals surface area contributed by atoms with E-state index < -0.39 is 11.5 Å². The third kappa shape index (κ3) is 3.25. The molecule has 4 nitrogen and oxygen atoms in total. The lowest BCUT2D eigenvalue weighted by molar-refractivity contribution is 0.0973. The molecule has 0 spiro atoms. The highest BCUT2D eigenvalue weighted by Crippen LogP contribution is 2.48. The topological polar surface area (TPSA) is 66.8 Å². The predicted molar refractivity (Wildman–Crippen MR) is 74.8 cm³/mol. The van der Waals surface area contributed by atoms with Gasteiger partial charge in [0, 0.05) is 6.42 Å². The predicted octanol–water partition coefficient (Wildman–Crippen LogP) is 4.18. The number of ketones is 1. The van der Waals surface area contributed by atoms with Crippen LogP contribution < -0.4 is 4.74 Å². The van der Waals surface area contributed by atoms with Gasteiger partial charge in [-0.25, -0.2) is 0 Å². The number of phenolic OH excluding ortho intramolecular Hbond substituents is 2. The third-order valence-electron chi connectivity index (χ3n) is 2.78. The largest absolute Gasteiger partial charge is 0.505 e. The van der Waals surface area contributed by atoms with E-state index in [0.29, 0.717) is 6.42 Å². The highest BCUT2D eigenvalue weighted by Gasteiger charge is 2.26. The van der Waals surface area contributed by atoms with E-state index >= 15 is 0 Å². The fourth-order valence-electron chi connectivity index (χ4n) is 1.75. The maximum atomic E-state index is 12.1. The molecule has 0 unspecified atom stereocenters. The van der Waals surface area contributed by atoms with Crippen molar-refractivity contribution in [1.82, 2.24) is 0 Å². The molecule has 0 aliphatic rings. The van der Waals surface area contributed by atoms with Gasteiger partial charge in [0.2, 0.25) is 0 Å². The van der Waals surface area contributed by atoms with Crippen LogP contribution in [0.2, 0.25) is 10.0 Å². The van der Waals surface area contributed by atoms with Gasteiger partial charge in [0.05, 0.1) is 7.11 Å². The number of aromatic hydroxyl groups is 2. The normalized spacial score (nSPS) is 10.5. The molecule has 0 aliphatic heterocycles. The van der Waals surface area contributed by atoms with E-state index in [1.54, 1.807) is 0 Å². The number of carbonyl (C=O) groups is 1. The second kappa shape index (κ2) is 6.87. The maximum absolute atomic E-state index is 12.1. The second-order valence-electron chi connectivity index (χ2n) is 4.11. The highest BCUT2D eigenvalue weighted by molar-refractivity contribution is 6.40. The Kier molecular flexibility index (Phi) is 5.76. The summed E-state index contributed by atoms with van der Waals surface area (Å²) in [6.07, 6.45) is 2.85. The van der Waals surface area contributed by atoms with Crippen molar-refractivity contribution >= 4 is 29.0 Å². The van der Waals surface area contributed by atoms with Crippen LogP contribution in [-0.4, -0.2) is 23.1 Å². The van der Waals surface area contributed by atoms with Crippen LogP contribution in [0.1, 0.15) is 43.0 Å². The minimum absolute atomic E-state index is 0.0532. The molecule has 0 fully saturated rings. The lowest BCUT2D eigenvalue weighted by Crippen LogP contribution is -2.04. The number of halogens is 2. The van der Waals surface area contributed by atoms with Crippen molar-refractivity contribution in [2.24, 2.45) is 0 Å². The minimum Gasteiger partial charge on any atom is -0.505 e. The Bertz CT molecular complexity index is 486. The monoisotopic (exact) mass is 306 g/mol. The zero-order valence-electron chi connectivity index (χ0n) is 10.8. The summed E-state index contributed by atoms with van der Waals surface area (Å²) in [5.74, 6) is -1.36. The second-order valence-corrected chi connectivity index (χ2v) is 4.87. The van der Waals surface area contributed by atoms with Crippen molar-refractivity contribution in [3.63, 3.8) is 0 Å². The molecule has 0 amide bonds. The van der Waals surface area contributed by atoms with Crippen LogP contribution in [0, 0.1) is 0 Å². The number of unbranched alkanes of at least 4 members (excludes halogenated alkanes) is 2. The number of Topliss-reactive ketones (excluding diaryl/α,β-unsaturated/α-hetero) is 1. The summed E-state index contributed by atoms with van der Waals surface area (Å²) < 4.78 is 4.99. The molecule has 0 atom stereocenters. The third-order valence-corrected chi connectivity index (χ3v) is 3.49. The fraction of sp³-hybridized carbons (Fsp3) is 0.462. The summed E-state index contributed by atoms with van der Waals surface area (Å²) in [5, 5.41) is 19.0. The van der Waals surface area contributed by atoms with Crippen molar-refractivity contribution < 1.29 is 19.7 Å². The van der Waals surface area contributed by atoms with E-state index in [4.69, 9.17) is 27.9 Å². The van der Waals surface area contributed by atoms with Crippen LogP contribution in [0.4, 0.5) is 0 Å². The zero-order chi connectivity index (χ0) is 14.6. The first-order chi connectivity index (χ1) is 8.95. The van der Waals surface area contributed by atoms with E-state index in [0.717, 1.165) is 12.8 Å². The van der Waals surface area contributed by atoms with Crippen molar-refractivity contribution in [1.29, 1.82) is 0 Å². The summed E-state index contributed by atoms with van der Waals surface area (Å²) in [7, 11) is 1.30. The number of benzene rings is 1. The smallest absolute Gasteiger partial charge is 0.170 e. The zero-order valence-corrected chi connectivity index (χ0v) is 12.3. The Morgan fingerprint density at radius 2 is 1.79 bits per heavy atom. The van der Waals surface area contributed by atoms with Gasteiger partial charge in [0.15, 0.2) is 23.0 Å². The van der Waals surface area contributed by atoms with Crippen LogP contribution in [0.25, 0.3) is 0 Å². The van der Waals surface area contributed by atoms with Gasteiger partial charge < -0.3 is 14.9 Å². The molecule has 1 aromatic rings. The summed E-state index contributed by atoms with van der Waals surface area (Å²) in [6, 6.07) is 0. The minimum atomic E-state index is -0.498. The molecular formula is C13H16Cl2O4. The van der Waals surface area contributed by atoms with Gasteiger partial charge in [-0.2, -0.15) is 0 Å². The Hall–Kier alpha value is -1.13. The molecule has 0 saturated carbocycles. The lowest BCUT2D eigenvalue weighted by atomic mass is 10.0. The average molecular weight is 307 g/mol. The average Bonchev–Trinajstić information content (AvgIpc) is 2.40. The van der Waals surface area contributed by atoms with Crippen LogP contribution >= 0.6 is 23.2 Å². The van der Waals surface area contributed by atoms with Gasteiger partial charge in [0.25, 0.3) is 0 Å². The van der Waals surface area contributed by atoms with E-state index in [-0.39, 0.29) is 33.6 Å². The molecule has 0 bridgehead atoms. The van der Waals surface area contributed by atoms with E-state index in [1.807, 2.05) is 6.92 Å². The first-order valence-electron chi connectivity index (χ1n) is 5.95. The standard InChI is InChI=1S/C13H16Cl2O4/c1-3-4-5-6-7(16)8-11(17)9(14)12(18)10(15)13(8)19-2/h17-18H,3-6H2,1-2H3. The van der Waals surface area contributed by atoms with Gasteiger partial charge >= 0.3 is 0 Å². The Balaban J connectivity index is 3.22. The van der Waals surface area contributed by atoms with Crippen LogP contribution in [0.5, 0.6) is 17.2 Å². The fourth-order valence-corrected chi connectivity index (χ4v) is 2.26. The summed E-state index contributed by atoms with van der Waals surface area (Å²) in [6.45, 7) is 2.02. The summed E-state index contributed by atoms with van der Waals surface area (Å²) in [5.41, 5.74) is -0.0774. The Morgan fingerprint density at radius 3 is 2.32 bits per heavy atom. The Morgan fingerprint density at radius 1 is 1.16 bits per heavy atom. The van der Waals surface area contributed by atoms with E-state index in [2.05, 4.69) is 0 Å². The molecule has 1 rings (SSSR count). The Labute approximate surface area is 121 Å². The van der Waals surface area contributed by atoms with Crippen molar-refractivity contribution in [2.45, 2.75) is 32.6 Å². The molecule has 0 heterocycles. The molecule has 2 N–H and O–H groups in total. The van der Waals surface area contributed by atoms with E-state index in [1.165, 1.54) is 7.11 Å². The van der Waals surface area contributed by atoms with Crippen molar-refractivity contribution in [3.8, 4) is 17.2 Å². The SMILES string of the molecule is CCCCCC(=O)c1c(O)c(Cl)c(O)c(Cl)c1OC. The number of phenols is 2. The molecule has 106 valence electrons. The quantitative estimate of drug-likeness (QED) is 0.611. The van der Waals surface area contributed by atoms with E-state index in [9.17, 15) is 15.0 Å². The van der Waals surface area contributed by atoms with Gasteiger partial charge in [-0.05, 0) is 6.42 Å². The number of ether oxygens (including phenoxy) is 1. The number of rotatable bonds is 6. The molecule has 1 aromatic carbocycles. The summed E-state index contributed by atoms with van der Waals surface area (Å²) >= 11 is 11.6. The molecule has 0 aromatic heterocycles. The van der Waals surface area contributed by atoms with Gasteiger partial charge in [-0.1, -0.05) is 43.0 Å². The first kappa shape index (κ1) is 15.9. The lowest BCUT2D eigenvalue weighted by Gasteiger charge is -2.14. The highest BCUT2D eigenvalue weighted by atomic mass is 35.5. The van der Waals surface area contributed by atoms with Crippen molar-refractivity contribution in [2.75, 3.05) is 7.11 Å². The molecule has 0 saturated heterocycles.